The van der Waals surface area contributed by atoms with E-state index in [2.05, 4.69) is 20.5 Å². The Balaban J connectivity index is 1.33. The summed E-state index contributed by atoms with van der Waals surface area (Å²) >= 11 is 5.88. The molecule has 2 aliphatic rings. The molecule has 1 saturated carbocycles. The molecule has 1 aliphatic carbocycles. The van der Waals surface area contributed by atoms with Crippen LogP contribution in [0.5, 0.6) is 0 Å². The smallest absolute Gasteiger partial charge is 0.193 e. The van der Waals surface area contributed by atoms with E-state index in [1.807, 2.05) is 30.6 Å². The molecule has 5 rings (SSSR count). The third-order valence-corrected chi connectivity index (χ3v) is 6.23. The molecule has 6 heteroatoms. The summed E-state index contributed by atoms with van der Waals surface area (Å²) in [6.07, 6.45) is 3.39. The summed E-state index contributed by atoms with van der Waals surface area (Å²) in [4.78, 5) is 6.93. The second kappa shape index (κ2) is 6.41. The van der Waals surface area contributed by atoms with Crippen LogP contribution in [0.4, 0.5) is 0 Å². The number of para-hydroxylation sites is 2. The lowest BCUT2D eigenvalue weighted by atomic mass is 9.77. The Morgan fingerprint density at radius 1 is 1.12 bits per heavy atom. The van der Waals surface area contributed by atoms with Gasteiger partial charge in [0.1, 0.15) is 5.76 Å². The Morgan fingerprint density at radius 2 is 1.92 bits per heavy atom. The summed E-state index contributed by atoms with van der Waals surface area (Å²) in [5.41, 5.74) is 2.10. The van der Waals surface area contributed by atoms with Crippen LogP contribution in [-0.4, -0.2) is 38.8 Å². The number of likely N-dealkylation sites (tertiary alicyclic amines) is 1. The molecular weight excluding hydrogens is 350 g/mol. The minimum Gasteiger partial charge on any atom is -0.448 e. The summed E-state index contributed by atoms with van der Waals surface area (Å²) in [6.45, 7) is 2.84. The van der Waals surface area contributed by atoms with Crippen LogP contribution in [0.3, 0.4) is 0 Å². The van der Waals surface area contributed by atoms with E-state index in [1.54, 1.807) is 6.07 Å². The van der Waals surface area contributed by atoms with Crippen LogP contribution in [0.15, 0.2) is 47.1 Å². The van der Waals surface area contributed by atoms with Crippen LogP contribution in [0.25, 0.3) is 11.0 Å². The topological polar surface area (TPSA) is 54.4 Å². The molecule has 26 heavy (non-hydrogen) atoms. The van der Waals surface area contributed by atoms with Gasteiger partial charge in [-0.1, -0.05) is 12.1 Å². The summed E-state index contributed by atoms with van der Waals surface area (Å²) in [5.74, 6) is 2.04. The van der Waals surface area contributed by atoms with Crippen molar-refractivity contribution in [1.82, 2.24) is 14.5 Å². The number of hydrogen-bond acceptors (Lipinski definition) is 4. The number of rotatable bonds is 3. The van der Waals surface area contributed by atoms with Gasteiger partial charge in [-0.2, -0.15) is 0 Å². The molecule has 3 heterocycles. The fourth-order valence-electron chi connectivity index (χ4n) is 4.83. The Morgan fingerprint density at radius 3 is 2.73 bits per heavy atom. The summed E-state index contributed by atoms with van der Waals surface area (Å²) in [7, 11) is 0. The molecule has 1 aromatic carbocycles. The van der Waals surface area contributed by atoms with E-state index in [9.17, 15) is 5.11 Å². The molecule has 136 valence electrons. The average molecular weight is 372 g/mol. The summed E-state index contributed by atoms with van der Waals surface area (Å²) in [6, 6.07) is 12.0. The molecule has 0 unspecified atom stereocenters. The van der Waals surface area contributed by atoms with E-state index in [0.29, 0.717) is 17.1 Å². The Labute approximate surface area is 157 Å². The number of furan rings is 1. The average Bonchev–Trinajstić information content (AvgIpc) is 3.32. The molecule has 2 fully saturated rings. The highest BCUT2D eigenvalue weighted by Gasteiger charge is 2.42. The highest BCUT2D eigenvalue weighted by Crippen LogP contribution is 2.42. The molecule has 0 radical (unpaired) electrons. The Kier molecular flexibility index (Phi) is 4.03. The lowest BCUT2D eigenvalue weighted by molar-refractivity contribution is 0.0374. The van der Waals surface area contributed by atoms with Crippen molar-refractivity contribution in [1.29, 1.82) is 0 Å². The van der Waals surface area contributed by atoms with Crippen molar-refractivity contribution in [2.24, 2.45) is 11.8 Å². The van der Waals surface area contributed by atoms with E-state index < -0.39 is 0 Å². The standard InChI is InChI=1S/C20H22ClN3O2/c21-20-6-5-15(26-20)11-23-9-13-7-18(19(25)8-14(13)10-23)24-12-22-16-3-1-2-4-17(16)24/h1-6,12-14,18-19,25H,7-11H2/t13-,14+,18-,19-/m1/s1. The largest absolute Gasteiger partial charge is 0.448 e. The molecule has 0 spiro atoms. The number of nitrogens with zero attached hydrogens (tertiary/aromatic N) is 3. The van der Waals surface area contributed by atoms with E-state index in [1.165, 1.54) is 0 Å². The quantitative estimate of drug-likeness (QED) is 0.762. The van der Waals surface area contributed by atoms with Gasteiger partial charge in [0.2, 0.25) is 0 Å². The molecule has 3 aromatic rings. The summed E-state index contributed by atoms with van der Waals surface area (Å²) in [5, 5.41) is 11.3. The number of benzene rings is 1. The second-order valence-corrected chi connectivity index (χ2v) is 8.04. The van der Waals surface area contributed by atoms with Crippen LogP contribution >= 0.6 is 11.6 Å². The molecule has 1 N–H and O–H groups in total. The van der Waals surface area contributed by atoms with E-state index >= 15 is 0 Å². The first-order valence-corrected chi connectivity index (χ1v) is 9.61. The first-order valence-electron chi connectivity index (χ1n) is 9.23. The van der Waals surface area contributed by atoms with E-state index in [-0.39, 0.29) is 12.1 Å². The van der Waals surface area contributed by atoms with Crippen molar-refractivity contribution in [2.75, 3.05) is 13.1 Å². The van der Waals surface area contributed by atoms with Crippen molar-refractivity contribution >= 4 is 22.6 Å². The number of aromatic nitrogens is 2. The van der Waals surface area contributed by atoms with Gasteiger partial charge in [-0.3, -0.25) is 4.90 Å². The zero-order valence-corrected chi connectivity index (χ0v) is 15.2. The lowest BCUT2D eigenvalue weighted by Gasteiger charge is -2.36. The van der Waals surface area contributed by atoms with Gasteiger partial charge in [-0.05, 0) is 60.5 Å². The maximum Gasteiger partial charge on any atom is 0.193 e. The predicted molar refractivity (Wildman–Crippen MR) is 100.0 cm³/mol. The van der Waals surface area contributed by atoms with Crippen molar-refractivity contribution in [2.45, 2.75) is 31.5 Å². The fraction of sp³-hybridized carbons (Fsp3) is 0.450. The SMILES string of the molecule is O[C@@H]1C[C@H]2CN(Cc3ccc(Cl)o3)C[C@H]2C[C@H]1n1cnc2ccccc21. The normalized spacial score (nSPS) is 29.3. The van der Waals surface area contributed by atoms with Crippen molar-refractivity contribution in [3.8, 4) is 0 Å². The van der Waals surface area contributed by atoms with Crippen molar-refractivity contribution in [3.05, 3.63) is 53.7 Å². The molecule has 5 nitrogen and oxygen atoms in total. The highest BCUT2D eigenvalue weighted by molar-refractivity contribution is 6.28. The Bertz CT molecular complexity index is 921. The number of fused-ring (bicyclic) bond motifs is 2. The number of hydrogen-bond donors (Lipinski definition) is 1. The van der Waals surface area contributed by atoms with Gasteiger partial charge in [0.05, 0.1) is 36.1 Å². The van der Waals surface area contributed by atoms with Gasteiger partial charge < -0.3 is 14.1 Å². The molecule has 4 atom stereocenters. The van der Waals surface area contributed by atoms with Crippen LogP contribution in [0.2, 0.25) is 5.22 Å². The molecule has 1 aliphatic heterocycles. The van der Waals surface area contributed by atoms with Crippen LogP contribution in [0, 0.1) is 11.8 Å². The van der Waals surface area contributed by atoms with E-state index in [4.69, 9.17) is 16.0 Å². The van der Waals surface area contributed by atoms with Gasteiger partial charge in [0.25, 0.3) is 0 Å². The maximum atomic E-state index is 10.8. The van der Waals surface area contributed by atoms with Crippen molar-refractivity contribution in [3.63, 3.8) is 0 Å². The molecule has 0 amide bonds. The number of imidazole rings is 1. The van der Waals surface area contributed by atoms with Crippen LogP contribution in [0.1, 0.15) is 24.6 Å². The van der Waals surface area contributed by atoms with Crippen LogP contribution < -0.4 is 0 Å². The zero-order chi connectivity index (χ0) is 17.7. The van der Waals surface area contributed by atoms with E-state index in [0.717, 1.165) is 49.3 Å². The second-order valence-electron chi connectivity index (χ2n) is 7.67. The van der Waals surface area contributed by atoms with Crippen molar-refractivity contribution < 1.29 is 9.52 Å². The highest BCUT2D eigenvalue weighted by atomic mass is 35.5. The molecule has 2 aromatic heterocycles. The number of aliphatic hydroxyl groups excluding tert-OH is 1. The monoisotopic (exact) mass is 371 g/mol. The minimum absolute atomic E-state index is 0.0988. The van der Waals surface area contributed by atoms with Gasteiger partial charge in [0, 0.05) is 13.1 Å². The third-order valence-electron chi connectivity index (χ3n) is 6.03. The minimum atomic E-state index is -0.327. The van der Waals surface area contributed by atoms with Gasteiger partial charge in [-0.25, -0.2) is 4.98 Å². The van der Waals surface area contributed by atoms with Gasteiger partial charge in [0.15, 0.2) is 5.22 Å². The predicted octanol–water partition coefficient (Wildman–Crippen LogP) is 3.73. The van der Waals surface area contributed by atoms with Gasteiger partial charge in [-0.15, -0.1) is 0 Å². The Hall–Kier alpha value is -1.82. The number of halogens is 1. The first-order chi connectivity index (χ1) is 12.7. The fourth-order valence-corrected chi connectivity index (χ4v) is 4.99. The lowest BCUT2D eigenvalue weighted by Crippen LogP contribution is -2.36. The van der Waals surface area contributed by atoms with Crippen LogP contribution in [-0.2, 0) is 6.54 Å². The number of aliphatic hydroxyl groups is 1. The zero-order valence-electron chi connectivity index (χ0n) is 14.5. The third kappa shape index (κ3) is 2.84. The molecular formula is C20H22ClN3O2. The van der Waals surface area contributed by atoms with Gasteiger partial charge >= 0.3 is 0 Å². The molecule has 1 saturated heterocycles. The first kappa shape index (κ1) is 16.4. The maximum absolute atomic E-state index is 10.8. The molecule has 0 bridgehead atoms. The summed E-state index contributed by atoms with van der Waals surface area (Å²) < 4.78 is 7.68.